The molecular formula is C23H23ClF2N4O4S. The van der Waals surface area contributed by atoms with Gasteiger partial charge in [0.25, 0.3) is 0 Å². The molecule has 0 aliphatic rings. The molecular weight excluding hydrogens is 502 g/mol. The van der Waals surface area contributed by atoms with Crippen LogP contribution < -0.4 is 19.5 Å². The van der Waals surface area contributed by atoms with Gasteiger partial charge >= 0.3 is 0 Å². The van der Waals surface area contributed by atoms with Gasteiger partial charge in [-0.2, -0.15) is 0 Å². The van der Waals surface area contributed by atoms with Crippen LogP contribution in [-0.4, -0.2) is 40.6 Å². The van der Waals surface area contributed by atoms with Crippen molar-refractivity contribution in [2.75, 3.05) is 25.3 Å². The highest BCUT2D eigenvalue weighted by atomic mass is 35.5. The molecule has 3 aromatic rings. The van der Waals surface area contributed by atoms with Crippen LogP contribution in [0.4, 0.5) is 14.5 Å². The maximum Gasteiger partial charge on any atom is 0.234 e. The van der Waals surface area contributed by atoms with Gasteiger partial charge < -0.3 is 19.5 Å². The molecule has 0 saturated heterocycles. The fraction of sp³-hybridized carbons (Fsp3) is 0.261. The molecule has 0 saturated carbocycles. The quantitative estimate of drug-likeness (QED) is 0.269. The summed E-state index contributed by atoms with van der Waals surface area (Å²) in [6, 6.07) is 6.15. The summed E-state index contributed by atoms with van der Waals surface area (Å²) in [5, 5.41) is 11.8. The van der Waals surface area contributed by atoms with Gasteiger partial charge in [-0.05, 0) is 19.1 Å². The predicted molar refractivity (Wildman–Crippen MR) is 130 cm³/mol. The van der Waals surface area contributed by atoms with Crippen molar-refractivity contribution in [3.8, 4) is 17.2 Å². The first-order valence-electron chi connectivity index (χ1n) is 10.3. The van der Waals surface area contributed by atoms with E-state index in [-0.39, 0.29) is 17.4 Å². The zero-order chi connectivity index (χ0) is 25.5. The van der Waals surface area contributed by atoms with Crippen molar-refractivity contribution in [3.05, 3.63) is 65.5 Å². The first-order valence-corrected chi connectivity index (χ1v) is 11.6. The second-order valence-corrected chi connectivity index (χ2v) is 8.45. The van der Waals surface area contributed by atoms with Gasteiger partial charge in [0, 0.05) is 24.7 Å². The van der Waals surface area contributed by atoms with Crippen molar-refractivity contribution in [1.29, 1.82) is 0 Å². The van der Waals surface area contributed by atoms with E-state index in [1.54, 1.807) is 29.7 Å². The Hall–Kier alpha value is -3.31. The Kier molecular flexibility index (Phi) is 8.94. The lowest BCUT2D eigenvalue weighted by atomic mass is 10.2. The number of carbonyl (C=O) groups is 1. The molecule has 3 rings (SSSR count). The number of rotatable bonds is 11. The first-order chi connectivity index (χ1) is 16.8. The van der Waals surface area contributed by atoms with Crippen LogP contribution in [0.2, 0.25) is 5.02 Å². The third-order valence-electron chi connectivity index (χ3n) is 4.70. The van der Waals surface area contributed by atoms with E-state index in [4.69, 9.17) is 25.8 Å². The molecule has 12 heteroatoms. The van der Waals surface area contributed by atoms with E-state index in [2.05, 4.69) is 22.1 Å². The third-order valence-corrected chi connectivity index (χ3v) is 5.96. The number of nitrogens with one attached hydrogen (secondary N) is 1. The van der Waals surface area contributed by atoms with Crippen molar-refractivity contribution in [1.82, 2.24) is 14.8 Å². The Morgan fingerprint density at radius 1 is 1.20 bits per heavy atom. The van der Waals surface area contributed by atoms with Crippen molar-refractivity contribution in [2.24, 2.45) is 0 Å². The summed E-state index contributed by atoms with van der Waals surface area (Å²) in [5.41, 5.74) is 0.399. The maximum absolute atomic E-state index is 14.0. The molecule has 0 fully saturated rings. The number of methoxy groups -OCH3 is 2. The molecule has 35 heavy (non-hydrogen) atoms. The summed E-state index contributed by atoms with van der Waals surface area (Å²) in [4.78, 5) is 12.6. The SMILES string of the molecule is C=CCn1c(SCC(=O)Nc2cc(OC)c(Cl)cc2OC)nnc1C(C)Oc1ccc(F)cc1F. The lowest BCUT2D eigenvalue weighted by Crippen LogP contribution is -2.16. The second-order valence-electron chi connectivity index (χ2n) is 7.10. The van der Waals surface area contributed by atoms with Gasteiger partial charge in [0.1, 0.15) is 17.3 Å². The number of ether oxygens (including phenoxy) is 3. The minimum absolute atomic E-state index is 0.00516. The minimum Gasteiger partial charge on any atom is -0.495 e. The van der Waals surface area contributed by atoms with E-state index >= 15 is 0 Å². The Bertz CT molecular complexity index is 1220. The smallest absolute Gasteiger partial charge is 0.234 e. The van der Waals surface area contributed by atoms with Gasteiger partial charge in [-0.25, -0.2) is 8.78 Å². The van der Waals surface area contributed by atoms with Crippen molar-refractivity contribution in [2.45, 2.75) is 24.7 Å². The molecule has 0 bridgehead atoms. The normalized spacial score (nSPS) is 11.6. The zero-order valence-corrected chi connectivity index (χ0v) is 20.8. The lowest BCUT2D eigenvalue weighted by molar-refractivity contribution is -0.113. The molecule has 2 aromatic carbocycles. The van der Waals surface area contributed by atoms with E-state index in [9.17, 15) is 13.6 Å². The van der Waals surface area contributed by atoms with Gasteiger partial charge in [-0.1, -0.05) is 29.4 Å². The third kappa shape index (κ3) is 6.43. The molecule has 0 spiro atoms. The van der Waals surface area contributed by atoms with Gasteiger partial charge in [0.15, 0.2) is 28.7 Å². The molecule has 8 nitrogen and oxygen atoms in total. The number of hydrogen-bond acceptors (Lipinski definition) is 7. The molecule has 0 aliphatic heterocycles. The highest BCUT2D eigenvalue weighted by Gasteiger charge is 2.21. The number of halogens is 3. The molecule has 1 heterocycles. The van der Waals surface area contributed by atoms with E-state index in [0.29, 0.717) is 39.7 Å². The van der Waals surface area contributed by atoms with Crippen LogP contribution in [0, 0.1) is 11.6 Å². The number of nitrogens with zero attached hydrogens (tertiary/aromatic N) is 3. The summed E-state index contributed by atoms with van der Waals surface area (Å²) < 4.78 is 45.0. The molecule has 0 aliphatic carbocycles. The number of allylic oxidation sites excluding steroid dienone is 1. The number of hydrogen-bond donors (Lipinski definition) is 1. The van der Waals surface area contributed by atoms with Gasteiger partial charge in [-0.3, -0.25) is 9.36 Å². The number of thioether (sulfide) groups is 1. The average Bonchev–Trinajstić information content (AvgIpc) is 3.23. The molecule has 1 aromatic heterocycles. The fourth-order valence-electron chi connectivity index (χ4n) is 3.10. The molecule has 1 unspecified atom stereocenters. The summed E-state index contributed by atoms with van der Waals surface area (Å²) in [6.07, 6.45) is 0.920. The fourth-order valence-corrected chi connectivity index (χ4v) is 4.08. The lowest BCUT2D eigenvalue weighted by Gasteiger charge is -2.16. The monoisotopic (exact) mass is 524 g/mol. The summed E-state index contributed by atoms with van der Waals surface area (Å²) >= 11 is 7.25. The highest BCUT2D eigenvalue weighted by Crippen LogP contribution is 2.36. The van der Waals surface area contributed by atoms with E-state index < -0.39 is 17.7 Å². The summed E-state index contributed by atoms with van der Waals surface area (Å²) in [6.45, 7) is 5.72. The zero-order valence-electron chi connectivity index (χ0n) is 19.2. The Morgan fingerprint density at radius 3 is 2.60 bits per heavy atom. The minimum atomic E-state index is -0.827. The Labute approximate surface area is 210 Å². The van der Waals surface area contributed by atoms with Gasteiger partial charge in [0.2, 0.25) is 5.91 Å². The molecule has 1 atom stereocenters. The summed E-state index contributed by atoms with van der Waals surface area (Å²) in [5.74, 6) is -0.817. The van der Waals surface area contributed by atoms with Crippen LogP contribution >= 0.6 is 23.4 Å². The van der Waals surface area contributed by atoms with Crippen LogP contribution in [0.5, 0.6) is 17.2 Å². The first kappa shape index (κ1) is 26.3. The number of amides is 1. The largest absolute Gasteiger partial charge is 0.495 e. The van der Waals surface area contributed by atoms with Crippen LogP contribution in [-0.2, 0) is 11.3 Å². The van der Waals surface area contributed by atoms with E-state index in [1.165, 1.54) is 20.3 Å². The Balaban J connectivity index is 1.72. The number of anilines is 1. The average molecular weight is 525 g/mol. The van der Waals surface area contributed by atoms with Crippen LogP contribution in [0.25, 0.3) is 0 Å². The standard InChI is InChI=1S/C23H23ClF2N4O4S/c1-5-8-30-22(13(2)34-18-7-6-14(25)9-16(18)26)28-29-23(30)35-12-21(31)27-17-11-19(32-3)15(24)10-20(17)33-4/h5-7,9-11,13H,1,8,12H2,2-4H3,(H,27,31). The number of benzene rings is 2. The highest BCUT2D eigenvalue weighted by molar-refractivity contribution is 7.99. The van der Waals surface area contributed by atoms with Gasteiger partial charge in [0.05, 0.1) is 30.7 Å². The Morgan fingerprint density at radius 2 is 1.94 bits per heavy atom. The maximum atomic E-state index is 14.0. The molecule has 1 N–H and O–H groups in total. The second kappa shape index (κ2) is 11.9. The van der Waals surface area contributed by atoms with Crippen LogP contribution in [0.15, 0.2) is 48.1 Å². The van der Waals surface area contributed by atoms with Crippen molar-refractivity contribution < 1.29 is 27.8 Å². The van der Waals surface area contributed by atoms with Crippen LogP contribution in [0.1, 0.15) is 18.9 Å². The van der Waals surface area contributed by atoms with Crippen molar-refractivity contribution >= 4 is 35.0 Å². The molecule has 0 radical (unpaired) electrons. The van der Waals surface area contributed by atoms with Crippen molar-refractivity contribution in [3.63, 3.8) is 0 Å². The van der Waals surface area contributed by atoms with E-state index in [1.807, 2.05) is 0 Å². The predicted octanol–water partition coefficient (Wildman–Crippen LogP) is 5.28. The number of aromatic nitrogens is 3. The number of carbonyl (C=O) groups excluding carboxylic acids is 1. The van der Waals surface area contributed by atoms with Gasteiger partial charge in [-0.15, -0.1) is 16.8 Å². The molecule has 1 amide bonds. The van der Waals surface area contributed by atoms with Crippen LogP contribution in [0.3, 0.4) is 0 Å². The van der Waals surface area contributed by atoms with E-state index in [0.717, 1.165) is 23.9 Å². The molecule has 186 valence electrons. The topological polar surface area (TPSA) is 87.5 Å². The summed E-state index contributed by atoms with van der Waals surface area (Å²) in [7, 11) is 2.93.